The summed E-state index contributed by atoms with van der Waals surface area (Å²) >= 11 is 1.67. The van der Waals surface area contributed by atoms with Gasteiger partial charge in [-0.05, 0) is 48.6 Å². The van der Waals surface area contributed by atoms with Gasteiger partial charge in [0, 0.05) is 32.7 Å². The number of carbonyl (C=O) groups excluding carboxylic acids is 2. The van der Waals surface area contributed by atoms with E-state index in [2.05, 4.69) is 41.4 Å². The lowest BCUT2D eigenvalue weighted by atomic mass is 10.1. The van der Waals surface area contributed by atoms with Crippen LogP contribution in [0.25, 0.3) is 0 Å². The van der Waals surface area contributed by atoms with E-state index in [1.165, 1.54) is 11.1 Å². The zero-order valence-corrected chi connectivity index (χ0v) is 20.0. The third-order valence-electron chi connectivity index (χ3n) is 5.90. The van der Waals surface area contributed by atoms with E-state index in [-0.39, 0.29) is 11.8 Å². The minimum absolute atomic E-state index is 0.00200. The summed E-state index contributed by atoms with van der Waals surface area (Å²) in [6.45, 7) is 6.03. The number of carbonyl (C=O) groups is 2. The number of para-hydroxylation sites is 1. The first kappa shape index (κ1) is 24.1. The highest BCUT2D eigenvalue weighted by Gasteiger charge is 2.29. The van der Waals surface area contributed by atoms with E-state index in [9.17, 15) is 9.59 Å². The first-order valence-electron chi connectivity index (χ1n) is 11.0. The fourth-order valence-corrected chi connectivity index (χ4v) is 4.41. The molecule has 2 aromatic rings. The normalized spacial score (nSPS) is 15.3. The first-order valence-corrected chi connectivity index (χ1v) is 12.4. The molecule has 2 aromatic carbocycles. The summed E-state index contributed by atoms with van der Waals surface area (Å²) < 4.78 is 5.31. The first-order chi connectivity index (χ1) is 15.5. The van der Waals surface area contributed by atoms with Gasteiger partial charge in [-0.15, -0.1) is 0 Å². The number of hydrogen-bond acceptors (Lipinski definition) is 5. The van der Waals surface area contributed by atoms with Crippen molar-refractivity contribution in [3.63, 3.8) is 0 Å². The number of benzene rings is 2. The quantitative estimate of drug-likeness (QED) is 0.629. The van der Waals surface area contributed by atoms with Crippen LogP contribution in [0.5, 0.6) is 5.75 Å². The van der Waals surface area contributed by atoms with Crippen LogP contribution in [0.15, 0.2) is 48.5 Å². The van der Waals surface area contributed by atoms with Gasteiger partial charge in [-0.3, -0.25) is 14.5 Å². The van der Waals surface area contributed by atoms with Crippen molar-refractivity contribution in [1.29, 1.82) is 0 Å². The van der Waals surface area contributed by atoms with E-state index in [1.54, 1.807) is 37.1 Å². The zero-order valence-electron chi connectivity index (χ0n) is 19.2. The summed E-state index contributed by atoms with van der Waals surface area (Å²) in [7, 11) is 1.54. The number of nitrogens with zero attached hydrogens (tertiary/aromatic N) is 2. The molecule has 1 heterocycles. The molecule has 0 radical (unpaired) electrons. The fraction of sp³-hybridized carbons (Fsp3) is 0.440. The Labute approximate surface area is 195 Å². The highest BCUT2D eigenvalue weighted by Crippen LogP contribution is 2.18. The summed E-state index contributed by atoms with van der Waals surface area (Å²) in [5.41, 5.74) is 3.07. The average molecular weight is 456 g/mol. The maximum atomic E-state index is 13.3. The fourth-order valence-electron chi connectivity index (χ4n) is 3.94. The third kappa shape index (κ3) is 6.26. The van der Waals surface area contributed by atoms with Crippen LogP contribution in [0.2, 0.25) is 0 Å². The molecule has 2 amide bonds. The van der Waals surface area contributed by atoms with Gasteiger partial charge in [-0.1, -0.05) is 36.4 Å². The van der Waals surface area contributed by atoms with E-state index < -0.39 is 6.04 Å². The molecule has 0 saturated carbocycles. The summed E-state index contributed by atoms with van der Waals surface area (Å²) in [4.78, 5) is 30.5. The average Bonchev–Trinajstić information content (AvgIpc) is 2.83. The number of rotatable bonds is 9. The molecule has 0 aromatic heterocycles. The molecule has 1 atom stereocenters. The molecule has 7 heteroatoms. The molecule has 1 N–H and O–H groups in total. The lowest BCUT2D eigenvalue weighted by Gasteiger charge is -2.36. The topological polar surface area (TPSA) is 61.9 Å². The van der Waals surface area contributed by atoms with Crippen LogP contribution in [0.3, 0.4) is 0 Å². The second-order valence-corrected chi connectivity index (χ2v) is 9.02. The van der Waals surface area contributed by atoms with Crippen LogP contribution in [0.1, 0.15) is 27.9 Å². The molecule has 1 fully saturated rings. The Hall–Kier alpha value is -2.51. The van der Waals surface area contributed by atoms with Crippen LogP contribution in [0, 0.1) is 6.92 Å². The minimum atomic E-state index is -0.539. The Morgan fingerprint density at radius 3 is 2.44 bits per heavy atom. The molecule has 0 bridgehead atoms. The molecule has 3 rings (SSSR count). The second kappa shape index (κ2) is 11.9. The molecule has 0 aliphatic carbocycles. The van der Waals surface area contributed by atoms with Crippen molar-refractivity contribution in [2.24, 2.45) is 0 Å². The third-order valence-corrected chi connectivity index (χ3v) is 6.55. The Balaban J connectivity index is 1.61. The predicted molar refractivity (Wildman–Crippen MR) is 130 cm³/mol. The van der Waals surface area contributed by atoms with Gasteiger partial charge >= 0.3 is 0 Å². The van der Waals surface area contributed by atoms with Crippen molar-refractivity contribution < 1.29 is 14.3 Å². The highest BCUT2D eigenvalue weighted by atomic mass is 32.2. The number of thioether (sulfide) groups is 1. The number of aryl methyl sites for hydroxylation is 1. The van der Waals surface area contributed by atoms with Crippen LogP contribution >= 0.6 is 11.8 Å². The Morgan fingerprint density at radius 2 is 1.75 bits per heavy atom. The van der Waals surface area contributed by atoms with Crippen molar-refractivity contribution in [2.75, 3.05) is 45.3 Å². The largest absolute Gasteiger partial charge is 0.496 e. The van der Waals surface area contributed by atoms with E-state index in [0.29, 0.717) is 30.8 Å². The van der Waals surface area contributed by atoms with E-state index in [4.69, 9.17) is 4.74 Å². The lowest BCUT2D eigenvalue weighted by molar-refractivity contribution is -0.135. The van der Waals surface area contributed by atoms with Crippen molar-refractivity contribution in [3.8, 4) is 5.75 Å². The van der Waals surface area contributed by atoms with Crippen LogP contribution in [-0.2, 0) is 11.3 Å². The number of piperazine rings is 1. The van der Waals surface area contributed by atoms with Gasteiger partial charge in [0.1, 0.15) is 11.8 Å². The smallest absolute Gasteiger partial charge is 0.255 e. The standard InChI is InChI=1S/C25H33N3O3S/c1-19-8-4-5-9-20(19)18-27-13-15-28(16-14-27)25(30)22(12-17-32-3)26-24(29)21-10-6-7-11-23(21)31-2/h4-11,22H,12-18H2,1-3H3,(H,26,29). The van der Waals surface area contributed by atoms with Gasteiger partial charge in [0.25, 0.3) is 5.91 Å². The number of hydrogen-bond donors (Lipinski definition) is 1. The Morgan fingerprint density at radius 1 is 1.06 bits per heavy atom. The molecular formula is C25H33N3O3S. The maximum absolute atomic E-state index is 13.3. The molecule has 1 aliphatic heterocycles. The summed E-state index contributed by atoms with van der Waals surface area (Å²) in [5, 5.41) is 2.96. The molecule has 1 unspecified atom stereocenters. The molecule has 32 heavy (non-hydrogen) atoms. The zero-order chi connectivity index (χ0) is 22.9. The molecular weight excluding hydrogens is 422 g/mol. The van der Waals surface area contributed by atoms with Gasteiger partial charge in [0.05, 0.1) is 12.7 Å². The molecule has 6 nitrogen and oxygen atoms in total. The van der Waals surface area contributed by atoms with Crippen molar-refractivity contribution in [1.82, 2.24) is 15.1 Å². The minimum Gasteiger partial charge on any atom is -0.496 e. The molecule has 172 valence electrons. The predicted octanol–water partition coefficient (Wildman–Crippen LogP) is 3.20. The molecule has 1 saturated heterocycles. The van der Waals surface area contributed by atoms with Gasteiger partial charge in [-0.2, -0.15) is 11.8 Å². The lowest BCUT2D eigenvalue weighted by Crippen LogP contribution is -2.55. The van der Waals surface area contributed by atoms with Crippen LogP contribution in [-0.4, -0.2) is 73.0 Å². The van der Waals surface area contributed by atoms with Gasteiger partial charge in [-0.25, -0.2) is 0 Å². The number of ether oxygens (including phenoxy) is 1. The summed E-state index contributed by atoms with van der Waals surface area (Å²) in [6.07, 6.45) is 2.61. The highest BCUT2D eigenvalue weighted by molar-refractivity contribution is 7.98. The van der Waals surface area contributed by atoms with Crippen LogP contribution < -0.4 is 10.1 Å². The Kier molecular flexibility index (Phi) is 9.00. The number of methoxy groups -OCH3 is 1. The van der Waals surface area contributed by atoms with Gasteiger partial charge in [0.2, 0.25) is 5.91 Å². The van der Waals surface area contributed by atoms with E-state index >= 15 is 0 Å². The van der Waals surface area contributed by atoms with Crippen molar-refractivity contribution >= 4 is 23.6 Å². The molecule has 0 spiro atoms. The monoisotopic (exact) mass is 455 g/mol. The van der Waals surface area contributed by atoms with E-state index in [1.807, 2.05) is 17.2 Å². The number of amides is 2. The van der Waals surface area contributed by atoms with Crippen molar-refractivity contribution in [2.45, 2.75) is 25.9 Å². The maximum Gasteiger partial charge on any atom is 0.255 e. The van der Waals surface area contributed by atoms with Gasteiger partial charge in [0.15, 0.2) is 0 Å². The van der Waals surface area contributed by atoms with Crippen LogP contribution in [0.4, 0.5) is 0 Å². The number of nitrogens with one attached hydrogen (secondary N) is 1. The van der Waals surface area contributed by atoms with Crippen molar-refractivity contribution in [3.05, 3.63) is 65.2 Å². The Bertz CT molecular complexity index is 913. The SMILES string of the molecule is COc1ccccc1C(=O)NC(CCSC)C(=O)N1CCN(Cc2ccccc2C)CC1. The summed E-state index contributed by atoms with van der Waals surface area (Å²) in [6, 6.07) is 15.0. The summed E-state index contributed by atoms with van der Waals surface area (Å²) in [5.74, 6) is 1.03. The molecule has 1 aliphatic rings. The van der Waals surface area contributed by atoms with Gasteiger partial charge < -0.3 is 15.0 Å². The second-order valence-electron chi connectivity index (χ2n) is 8.04. The van der Waals surface area contributed by atoms with E-state index in [0.717, 1.165) is 25.4 Å².